The molecule has 1 amide bonds. The number of H-pyrrole nitrogens is 2. The second kappa shape index (κ2) is 9.53. The molecule has 0 spiro atoms. The van der Waals surface area contributed by atoms with Gasteiger partial charge >= 0.3 is 0 Å². The number of nitrogens with zero attached hydrogens (tertiary/aromatic N) is 2. The van der Waals surface area contributed by atoms with E-state index >= 15 is 0 Å². The number of ether oxygens (including phenoxy) is 1. The molecule has 1 saturated heterocycles. The van der Waals surface area contributed by atoms with Gasteiger partial charge in [0.25, 0.3) is 0 Å². The molecule has 0 saturated carbocycles. The molecule has 1 aliphatic rings. The summed E-state index contributed by atoms with van der Waals surface area (Å²) in [6, 6.07) is 20.5. The molecule has 0 radical (unpaired) electrons. The zero-order chi connectivity index (χ0) is 24.5. The maximum atomic E-state index is 13.2. The Morgan fingerprint density at radius 1 is 1.03 bits per heavy atom. The minimum Gasteiger partial charge on any atom is -0.497 e. The molecule has 1 fully saturated rings. The summed E-state index contributed by atoms with van der Waals surface area (Å²) in [6.07, 6.45) is 7.09. The largest absolute Gasteiger partial charge is 0.497 e. The van der Waals surface area contributed by atoms with Gasteiger partial charge in [-0.2, -0.15) is 0 Å². The number of methoxy groups -OCH3 is 1. The van der Waals surface area contributed by atoms with Crippen molar-refractivity contribution in [2.75, 3.05) is 20.2 Å². The Morgan fingerprint density at radius 2 is 1.81 bits per heavy atom. The molecule has 6 rings (SSSR count). The SMILES string of the molecule is COc1ccc(-c2[nH]c3ccccc3c2CCC(=O)N2CCC(c3c[nH]c4ncccc34)CC2)cc1. The number of hydrogen-bond acceptors (Lipinski definition) is 3. The van der Waals surface area contributed by atoms with Gasteiger partial charge in [0.2, 0.25) is 5.91 Å². The molecule has 0 bridgehead atoms. The van der Waals surface area contributed by atoms with E-state index < -0.39 is 0 Å². The Bertz CT molecular complexity index is 1510. The van der Waals surface area contributed by atoms with Crippen molar-refractivity contribution in [2.24, 2.45) is 0 Å². The van der Waals surface area contributed by atoms with Gasteiger partial charge in [-0.15, -0.1) is 0 Å². The van der Waals surface area contributed by atoms with Crippen LogP contribution in [-0.4, -0.2) is 46.0 Å². The number of para-hydroxylation sites is 1. The van der Waals surface area contributed by atoms with Gasteiger partial charge in [-0.1, -0.05) is 18.2 Å². The number of benzene rings is 2. The van der Waals surface area contributed by atoms with E-state index in [2.05, 4.69) is 57.5 Å². The van der Waals surface area contributed by atoms with Crippen molar-refractivity contribution in [3.8, 4) is 17.0 Å². The Balaban J connectivity index is 1.16. The van der Waals surface area contributed by atoms with Crippen LogP contribution in [0.3, 0.4) is 0 Å². The van der Waals surface area contributed by atoms with E-state index in [9.17, 15) is 4.79 Å². The number of pyridine rings is 1. The molecule has 6 heteroatoms. The van der Waals surface area contributed by atoms with E-state index in [0.717, 1.165) is 54.1 Å². The Morgan fingerprint density at radius 3 is 2.61 bits per heavy atom. The molecular formula is C30H30N4O2. The fourth-order valence-corrected chi connectivity index (χ4v) is 5.61. The molecule has 1 aliphatic heterocycles. The van der Waals surface area contributed by atoms with Gasteiger partial charge in [-0.05, 0) is 84.3 Å². The minimum atomic E-state index is 0.236. The van der Waals surface area contributed by atoms with E-state index in [1.54, 1.807) is 7.11 Å². The maximum absolute atomic E-state index is 13.2. The molecule has 182 valence electrons. The van der Waals surface area contributed by atoms with Crippen LogP contribution in [0.1, 0.15) is 36.3 Å². The van der Waals surface area contributed by atoms with Crippen molar-refractivity contribution in [1.29, 1.82) is 0 Å². The predicted octanol–water partition coefficient (Wildman–Crippen LogP) is 6.06. The third-order valence-corrected chi connectivity index (χ3v) is 7.55. The average Bonchev–Trinajstić information content (AvgIpc) is 3.54. The first-order valence-electron chi connectivity index (χ1n) is 12.6. The lowest BCUT2D eigenvalue weighted by molar-refractivity contribution is -0.132. The number of rotatable bonds is 6. The van der Waals surface area contributed by atoms with E-state index in [-0.39, 0.29) is 5.91 Å². The van der Waals surface area contributed by atoms with Gasteiger partial charge in [0.1, 0.15) is 11.4 Å². The van der Waals surface area contributed by atoms with Crippen LogP contribution in [0.4, 0.5) is 0 Å². The van der Waals surface area contributed by atoms with Crippen molar-refractivity contribution in [1.82, 2.24) is 19.9 Å². The van der Waals surface area contributed by atoms with Crippen molar-refractivity contribution >= 4 is 27.8 Å². The van der Waals surface area contributed by atoms with E-state index in [0.29, 0.717) is 18.8 Å². The Labute approximate surface area is 210 Å². The standard InChI is InChI=1S/C30H30N4O2/c1-36-22-10-8-21(9-11-22)29-24(23-5-2-3-7-27(23)33-29)12-13-28(35)34-17-14-20(15-18-34)26-19-32-30-25(26)6-4-16-31-30/h2-11,16,19-20,33H,12-15,17-18H2,1H3,(H,31,32). The highest BCUT2D eigenvalue weighted by Gasteiger charge is 2.26. The normalized spacial score (nSPS) is 14.5. The van der Waals surface area contributed by atoms with Gasteiger partial charge in [-0.3, -0.25) is 4.79 Å². The van der Waals surface area contributed by atoms with Gasteiger partial charge in [-0.25, -0.2) is 4.98 Å². The minimum absolute atomic E-state index is 0.236. The molecule has 2 N–H and O–H groups in total. The highest BCUT2D eigenvalue weighted by Crippen LogP contribution is 2.34. The monoisotopic (exact) mass is 478 g/mol. The highest BCUT2D eigenvalue weighted by atomic mass is 16.5. The first-order chi connectivity index (χ1) is 17.7. The quantitative estimate of drug-likeness (QED) is 0.312. The van der Waals surface area contributed by atoms with Crippen LogP contribution in [0.2, 0.25) is 0 Å². The van der Waals surface area contributed by atoms with Crippen LogP contribution in [-0.2, 0) is 11.2 Å². The van der Waals surface area contributed by atoms with Crippen LogP contribution in [0.5, 0.6) is 5.75 Å². The lowest BCUT2D eigenvalue weighted by Crippen LogP contribution is -2.38. The number of likely N-dealkylation sites (tertiary alicyclic amines) is 1. The predicted molar refractivity (Wildman–Crippen MR) is 143 cm³/mol. The zero-order valence-corrected chi connectivity index (χ0v) is 20.5. The molecule has 3 aromatic heterocycles. The summed E-state index contributed by atoms with van der Waals surface area (Å²) in [5.74, 6) is 1.53. The topological polar surface area (TPSA) is 74.0 Å². The van der Waals surface area contributed by atoms with E-state index in [1.165, 1.54) is 21.9 Å². The number of aromatic amines is 2. The van der Waals surface area contributed by atoms with Crippen molar-refractivity contribution in [3.63, 3.8) is 0 Å². The molecule has 36 heavy (non-hydrogen) atoms. The van der Waals surface area contributed by atoms with E-state index in [4.69, 9.17) is 4.74 Å². The van der Waals surface area contributed by atoms with Gasteiger partial charge < -0.3 is 19.6 Å². The fourth-order valence-electron chi connectivity index (χ4n) is 5.61. The second-order valence-corrected chi connectivity index (χ2v) is 9.55. The van der Waals surface area contributed by atoms with Gasteiger partial charge in [0.05, 0.1) is 7.11 Å². The highest BCUT2D eigenvalue weighted by molar-refractivity contribution is 5.91. The van der Waals surface area contributed by atoms with Gasteiger partial charge in [0.15, 0.2) is 0 Å². The summed E-state index contributed by atoms with van der Waals surface area (Å²) in [7, 11) is 1.68. The molecule has 0 unspecified atom stereocenters. The van der Waals surface area contributed by atoms with Gasteiger partial charge in [0, 0.05) is 53.9 Å². The first kappa shape index (κ1) is 22.4. The fraction of sp³-hybridized carbons (Fsp3) is 0.267. The molecular weight excluding hydrogens is 448 g/mol. The summed E-state index contributed by atoms with van der Waals surface area (Å²) in [6.45, 7) is 1.60. The number of hydrogen-bond donors (Lipinski definition) is 2. The summed E-state index contributed by atoms with van der Waals surface area (Å²) in [5, 5.41) is 2.38. The summed E-state index contributed by atoms with van der Waals surface area (Å²) < 4.78 is 5.33. The molecule has 5 aromatic rings. The lowest BCUT2D eigenvalue weighted by Gasteiger charge is -2.32. The number of carbonyl (C=O) groups is 1. The number of aromatic nitrogens is 3. The average molecular weight is 479 g/mol. The molecule has 6 nitrogen and oxygen atoms in total. The van der Waals surface area contributed by atoms with Crippen LogP contribution in [0, 0.1) is 0 Å². The van der Waals surface area contributed by atoms with E-state index in [1.807, 2.05) is 35.4 Å². The molecule has 0 aliphatic carbocycles. The smallest absolute Gasteiger partial charge is 0.222 e. The Kier molecular flexibility index (Phi) is 5.93. The summed E-state index contributed by atoms with van der Waals surface area (Å²) in [5.41, 5.74) is 6.75. The van der Waals surface area contributed by atoms with Crippen LogP contribution >= 0.6 is 0 Å². The zero-order valence-electron chi connectivity index (χ0n) is 20.5. The number of fused-ring (bicyclic) bond motifs is 2. The van der Waals surface area contributed by atoms with Crippen molar-refractivity contribution in [3.05, 3.63) is 84.2 Å². The first-order valence-corrected chi connectivity index (χ1v) is 12.6. The second-order valence-electron chi connectivity index (χ2n) is 9.55. The van der Waals surface area contributed by atoms with Crippen LogP contribution < -0.4 is 4.74 Å². The van der Waals surface area contributed by atoms with Crippen LogP contribution in [0.15, 0.2) is 73.1 Å². The number of carbonyl (C=O) groups excluding carboxylic acids is 1. The lowest BCUT2D eigenvalue weighted by atomic mass is 9.89. The van der Waals surface area contributed by atoms with Crippen molar-refractivity contribution in [2.45, 2.75) is 31.6 Å². The molecule has 4 heterocycles. The van der Waals surface area contributed by atoms with Crippen LogP contribution in [0.25, 0.3) is 33.2 Å². The Hall–Kier alpha value is -4.06. The maximum Gasteiger partial charge on any atom is 0.222 e. The summed E-state index contributed by atoms with van der Waals surface area (Å²) >= 11 is 0. The molecule has 0 atom stereocenters. The third kappa shape index (κ3) is 4.13. The number of aryl methyl sites for hydroxylation is 1. The number of amides is 1. The third-order valence-electron chi connectivity index (χ3n) is 7.55. The number of piperidine rings is 1. The molecule has 2 aromatic carbocycles. The number of nitrogens with one attached hydrogen (secondary N) is 2. The summed E-state index contributed by atoms with van der Waals surface area (Å²) in [4.78, 5) is 26.6. The van der Waals surface area contributed by atoms with Crippen molar-refractivity contribution < 1.29 is 9.53 Å².